The fourth-order valence-corrected chi connectivity index (χ4v) is 2.98. The fourth-order valence-electron chi connectivity index (χ4n) is 2.36. The van der Waals surface area contributed by atoms with E-state index in [2.05, 4.69) is 10.6 Å². The highest BCUT2D eigenvalue weighted by Crippen LogP contribution is 2.19. The Morgan fingerprint density at radius 1 is 0.964 bits per heavy atom. The number of ether oxygens (including phenoxy) is 1. The fraction of sp³-hybridized carbons (Fsp3) is 0.0952. The standard InChI is InChI=1S/C21H18N2O4S/c1-14(24)22-13-15-4-6-16(7-5-15)21(26)27-18-10-8-17(9-11-18)23-20(25)19-3-2-12-28-19/h2-12H,13H2,1H3,(H,22,24)(H,23,25). The van der Waals surface area contributed by atoms with Crippen LogP contribution in [-0.2, 0) is 11.3 Å². The van der Waals surface area contributed by atoms with Gasteiger partial charge in [0.15, 0.2) is 0 Å². The molecule has 7 heteroatoms. The smallest absolute Gasteiger partial charge is 0.343 e. The molecule has 0 saturated carbocycles. The Morgan fingerprint density at radius 2 is 1.68 bits per heavy atom. The highest BCUT2D eigenvalue weighted by atomic mass is 32.1. The molecule has 142 valence electrons. The summed E-state index contributed by atoms with van der Waals surface area (Å²) < 4.78 is 5.35. The lowest BCUT2D eigenvalue weighted by Crippen LogP contribution is -2.19. The van der Waals surface area contributed by atoms with Crippen molar-refractivity contribution in [3.05, 3.63) is 82.0 Å². The first-order valence-electron chi connectivity index (χ1n) is 8.52. The second-order valence-electron chi connectivity index (χ2n) is 5.95. The Balaban J connectivity index is 1.56. The molecule has 1 aromatic heterocycles. The van der Waals surface area contributed by atoms with Crippen LogP contribution in [0.25, 0.3) is 0 Å². The van der Waals surface area contributed by atoms with Gasteiger partial charge in [-0.1, -0.05) is 18.2 Å². The minimum absolute atomic E-state index is 0.112. The Hall–Kier alpha value is -3.45. The van der Waals surface area contributed by atoms with Gasteiger partial charge in [0, 0.05) is 19.2 Å². The van der Waals surface area contributed by atoms with E-state index < -0.39 is 5.97 Å². The van der Waals surface area contributed by atoms with Gasteiger partial charge in [-0.2, -0.15) is 0 Å². The molecule has 3 aromatic rings. The normalized spacial score (nSPS) is 10.2. The third-order valence-corrected chi connectivity index (χ3v) is 4.67. The van der Waals surface area contributed by atoms with Crippen molar-refractivity contribution in [3.63, 3.8) is 0 Å². The summed E-state index contributed by atoms with van der Waals surface area (Å²) in [6, 6.07) is 17.0. The maximum atomic E-state index is 12.2. The lowest BCUT2D eigenvalue weighted by molar-refractivity contribution is -0.119. The van der Waals surface area contributed by atoms with Crippen molar-refractivity contribution >= 4 is 34.8 Å². The van der Waals surface area contributed by atoms with Crippen LogP contribution >= 0.6 is 11.3 Å². The molecule has 6 nitrogen and oxygen atoms in total. The zero-order valence-corrected chi connectivity index (χ0v) is 15.9. The SMILES string of the molecule is CC(=O)NCc1ccc(C(=O)Oc2ccc(NC(=O)c3cccs3)cc2)cc1. The summed E-state index contributed by atoms with van der Waals surface area (Å²) in [7, 11) is 0. The van der Waals surface area contributed by atoms with Crippen molar-refractivity contribution in [2.24, 2.45) is 0 Å². The third kappa shape index (κ3) is 5.28. The molecule has 0 fully saturated rings. The molecule has 28 heavy (non-hydrogen) atoms. The maximum Gasteiger partial charge on any atom is 0.343 e. The summed E-state index contributed by atoms with van der Waals surface area (Å²) in [5, 5.41) is 7.31. The van der Waals surface area contributed by atoms with E-state index in [9.17, 15) is 14.4 Å². The monoisotopic (exact) mass is 394 g/mol. The molecule has 1 heterocycles. The minimum Gasteiger partial charge on any atom is -0.423 e. The van der Waals surface area contributed by atoms with Gasteiger partial charge in [0.05, 0.1) is 10.4 Å². The van der Waals surface area contributed by atoms with Crippen molar-refractivity contribution in [3.8, 4) is 5.75 Å². The molecule has 2 aromatic carbocycles. The Bertz CT molecular complexity index is 965. The lowest BCUT2D eigenvalue weighted by atomic mass is 10.1. The first-order chi connectivity index (χ1) is 13.5. The van der Waals surface area contributed by atoms with E-state index in [0.717, 1.165) is 5.56 Å². The number of hydrogen-bond donors (Lipinski definition) is 2. The summed E-state index contributed by atoms with van der Waals surface area (Å²) in [6.45, 7) is 1.86. The number of esters is 1. The second kappa shape index (κ2) is 8.96. The first-order valence-corrected chi connectivity index (χ1v) is 9.40. The molecule has 0 aliphatic carbocycles. The first kappa shape index (κ1) is 19.3. The molecule has 0 atom stereocenters. The van der Waals surface area contributed by atoms with Gasteiger partial charge in [-0.3, -0.25) is 9.59 Å². The highest BCUT2D eigenvalue weighted by molar-refractivity contribution is 7.12. The van der Waals surface area contributed by atoms with E-state index in [0.29, 0.717) is 28.4 Å². The van der Waals surface area contributed by atoms with E-state index in [-0.39, 0.29) is 11.8 Å². The molecular formula is C21H18N2O4S. The summed E-state index contributed by atoms with van der Waals surface area (Å²) in [5.74, 6) is -0.402. The topological polar surface area (TPSA) is 84.5 Å². The molecule has 2 amide bonds. The van der Waals surface area contributed by atoms with Gasteiger partial charge >= 0.3 is 5.97 Å². The number of thiophene rings is 1. The summed E-state index contributed by atoms with van der Waals surface area (Å²) >= 11 is 1.36. The van der Waals surface area contributed by atoms with Gasteiger partial charge in [0.2, 0.25) is 5.91 Å². The van der Waals surface area contributed by atoms with Gasteiger partial charge in [-0.15, -0.1) is 11.3 Å². The molecule has 0 radical (unpaired) electrons. The average molecular weight is 394 g/mol. The predicted molar refractivity (Wildman–Crippen MR) is 108 cm³/mol. The van der Waals surface area contributed by atoms with Crippen molar-refractivity contribution < 1.29 is 19.1 Å². The number of rotatable bonds is 6. The van der Waals surface area contributed by atoms with Gasteiger partial charge in [-0.25, -0.2) is 4.79 Å². The van der Waals surface area contributed by atoms with E-state index in [1.54, 1.807) is 54.6 Å². The maximum absolute atomic E-state index is 12.2. The van der Waals surface area contributed by atoms with Gasteiger partial charge in [0.1, 0.15) is 5.75 Å². The number of carbonyl (C=O) groups is 3. The van der Waals surface area contributed by atoms with Crippen LogP contribution in [0.15, 0.2) is 66.0 Å². The molecule has 2 N–H and O–H groups in total. The van der Waals surface area contributed by atoms with Crippen LogP contribution < -0.4 is 15.4 Å². The highest BCUT2D eigenvalue weighted by Gasteiger charge is 2.10. The average Bonchev–Trinajstić information content (AvgIpc) is 3.23. The van der Waals surface area contributed by atoms with Crippen molar-refractivity contribution in [2.75, 3.05) is 5.32 Å². The van der Waals surface area contributed by atoms with Crippen LogP contribution in [0.4, 0.5) is 5.69 Å². The number of nitrogens with one attached hydrogen (secondary N) is 2. The van der Waals surface area contributed by atoms with Crippen LogP contribution in [-0.4, -0.2) is 17.8 Å². The summed E-state index contributed by atoms with van der Waals surface area (Å²) in [4.78, 5) is 35.8. The van der Waals surface area contributed by atoms with Gasteiger partial charge in [-0.05, 0) is 53.4 Å². The molecule has 3 rings (SSSR count). The van der Waals surface area contributed by atoms with E-state index >= 15 is 0 Å². The molecular weight excluding hydrogens is 376 g/mol. The molecule has 0 aliphatic rings. The predicted octanol–water partition coefficient (Wildman–Crippen LogP) is 3.86. The molecule has 0 aliphatic heterocycles. The van der Waals surface area contributed by atoms with Crippen LogP contribution in [0, 0.1) is 0 Å². The second-order valence-corrected chi connectivity index (χ2v) is 6.90. The number of hydrogen-bond acceptors (Lipinski definition) is 5. The van der Waals surface area contributed by atoms with Crippen LogP contribution in [0.3, 0.4) is 0 Å². The summed E-state index contributed by atoms with van der Waals surface area (Å²) in [6.07, 6.45) is 0. The van der Waals surface area contributed by atoms with E-state index in [4.69, 9.17) is 4.74 Å². The third-order valence-electron chi connectivity index (χ3n) is 3.80. The molecule has 0 bridgehead atoms. The number of anilines is 1. The Kier molecular flexibility index (Phi) is 6.18. The molecule has 0 saturated heterocycles. The zero-order valence-electron chi connectivity index (χ0n) is 15.1. The molecule has 0 unspecified atom stereocenters. The number of benzene rings is 2. The van der Waals surface area contributed by atoms with Crippen LogP contribution in [0.5, 0.6) is 5.75 Å². The summed E-state index contributed by atoms with van der Waals surface area (Å²) in [5.41, 5.74) is 1.90. The lowest BCUT2D eigenvalue weighted by Gasteiger charge is -2.08. The van der Waals surface area contributed by atoms with Crippen LogP contribution in [0.2, 0.25) is 0 Å². The molecule has 0 spiro atoms. The van der Waals surface area contributed by atoms with Crippen LogP contribution in [0.1, 0.15) is 32.5 Å². The van der Waals surface area contributed by atoms with E-state index in [1.165, 1.54) is 18.3 Å². The van der Waals surface area contributed by atoms with Crippen molar-refractivity contribution in [1.82, 2.24) is 5.32 Å². The number of carbonyl (C=O) groups excluding carboxylic acids is 3. The Labute approximate surface area is 166 Å². The minimum atomic E-state index is -0.485. The van der Waals surface area contributed by atoms with Crippen molar-refractivity contribution in [1.29, 1.82) is 0 Å². The van der Waals surface area contributed by atoms with Crippen molar-refractivity contribution in [2.45, 2.75) is 13.5 Å². The van der Waals surface area contributed by atoms with E-state index in [1.807, 2.05) is 11.4 Å². The van der Waals surface area contributed by atoms with Gasteiger partial charge < -0.3 is 15.4 Å². The largest absolute Gasteiger partial charge is 0.423 e. The quantitative estimate of drug-likeness (QED) is 0.491. The van der Waals surface area contributed by atoms with Gasteiger partial charge in [0.25, 0.3) is 5.91 Å². The number of amides is 2. The zero-order chi connectivity index (χ0) is 19.9. The Morgan fingerprint density at radius 3 is 2.29 bits per heavy atom.